The van der Waals surface area contributed by atoms with Crippen LogP contribution in [0, 0.1) is 13.8 Å². The van der Waals surface area contributed by atoms with E-state index in [9.17, 15) is 13.2 Å². The first-order valence-corrected chi connectivity index (χ1v) is 8.45. The van der Waals surface area contributed by atoms with E-state index in [0.29, 0.717) is 0 Å². The third kappa shape index (κ3) is 4.94. The molecule has 2 N–H and O–H groups in total. The van der Waals surface area contributed by atoms with Crippen molar-refractivity contribution in [1.82, 2.24) is 0 Å². The minimum atomic E-state index is -3.11. The van der Waals surface area contributed by atoms with Gasteiger partial charge in [0, 0.05) is 19.0 Å². The molecular formula is C14H22N2O3S. The number of rotatable bonds is 5. The summed E-state index contributed by atoms with van der Waals surface area (Å²) in [6.07, 6.45) is 1.27. The number of likely N-dealkylation sites (N-methyl/N-ethyl adjacent to an activating group) is 1. The fraction of sp³-hybridized carbons (Fsp3) is 0.500. The Hall–Kier alpha value is -1.40. The molecule has 0 aliphatic carbocycles. The van der Waals surface area contributed by atoms with Gasteiger partial charge in [-0.25, -0.2) is 8.42 Å². The summed E-state index contributed by atoms with van der Waals surface area (Å²) < 4.78 is 22.2. The predicted octanol–water partition coefficient (Wildman–Crippen LogP) is 1.03. The van der Waals surface area contributed by atoms with Gasteiger partial charge >= 0.3 is 0 Å². The number of benzene rings is 1. The number of anilines is 1. The Morgan fingerprint density at radius 3 is 2.20 bits per heavy atom. The lowest BCUT2D eigenvalue weighted by Gasteiger charge is -2.22. The molecule has 20 heavy (non-hydrogen) atoms. The maximum absolute atomic E-state index is 12.2. The van der Waals surface area contributed by atoms with Crippen molar-refractivity contribution >= 4 is 21.4 Å². The first-order valence-electron chi connectivity index (χ1n) is 6.39. The number of amides is 1. The van der Waals surface area contributed by atoms with Crippen LogP contribution in [-0.4, -0.2) is 39.4 Å². The van der Waals surface area contributed by atoms with Gasteiger partial charge in [-0.1, -0.05) is 6.07 Å². The molecule has 0 saturated carbocycles. The topological polar surface area (TPSA) is 80.5 Å². The van der Waals surface area contributed by atoms with Gasteiger partial charge in [0.15, 0.2) is 0 Å². The van der Waals surface area contributed by atoms with Gasteiger partial charge in [-0.2, -0.15) is 0 Å². The highest BCUT2D eigenvalue weighted by Gasteiger charge is 2.20. The Kier molecular flexibility index (Phi) is 5.30. The molecule has 0 aliphatic rings. The molecule has 0 fully saturated rings. The Morgan fingerprint density at radius 1 is 1.25 bits per heavy atom. The number of nitrogens with zero attached hydrogens (tertiary/aromatic N) is 1. The minimum absolute atomic E-state index is 0.0827. The molecule has 0 unspecified atom stereocenters. The van der Waals surface area contributed by atoms with Gasteiger partial charge in [-0.3, -0.25) is 4.79 Å². The average molecular weight is 298 g/mol. The van der Waals surface area contributed by atoms with Crippen LogP contribution >= 0.6 is 0 Å². The third-order valence-corrected chi connectivity index (χ3v) is 4.02. The van der Waals surface area contributed by atoms with Crippen LogP contribution in [0.15, 0.2) is 18.2 Å². The molecule has 1 rings (SSSR count). The zero-order valence-electron chi connectivity index (χ0n) is 12.4. The van der Waals surface area contributed by atoms with Crippen molar-refractivity contribution in [2.45, 2.75) is 26.3 Å². The van der Waals surface area contributed by atoms with Gasteiger partial charge in [0.2, 0.25) is 5.91 Å². The molecule has 1 atom stereocenters. The van der Waals surface area contributed by atoms with Gasteiger partial charge in [0.05, 0.1) is 11.8 Å². The molecule has 0 bridgehead atoms. The summed E-state index contributed by atoms with van der Waals surface area (Å²) in [6.45, 7) is 3.91. The number of sulfone groups is 1. The maximum atomic E-state index is 12.2. The number of hydrogen-bond acceptors (Lipinski definition) is 4. The van der Waals surface area contributed by atoms with Crippen LogP contribution in [0.1, 0.15) is 17.5 Å². The monoisotopic (exact) mass is 298 g/mol. The van der Waals surface area contributed by atoms with E-state index < -0.39 is 15.9 Å². The molecule has 112 valence electrons. The fourth-order valence-electron chi connectivity index (χ4n) is 1.98. The molecule has 0 radical (unpaired) electrons. The van der Waals surface area contributed by atoms with Gasteiger partial charge in [-0.15, -0.1) is 0 Å². The highest BCUT2D eigenvalue weighted by Crippen LogP contribution is 2.18. The van der Waals surface area contributed by atoms with Crippen molar-refractivity contribution in [2.24, 2.45) is 5.73 Å². The normalized spacial score (nSPS) is 13.1. The van der Waals surface area contributed by atoms with Crippen molar-refractivity contribution in [3.05, 3.63) is 29.3 Å². The molecule has 0 saturated heterocycles. The largest absolute Gasteiger partial charge is 0.320 e. The predicted molar refractivity (Wildman–Crippen MR) is 81.6 cm³/mol. The van der Waals surface area contributed by atoms with E-state index in [0.717, 1.165) is 23.1 Å². The van der Waals surface area contributed by atoms with E-state index in [2.05, 4.69) is 0 Å². The molecule has 1 aromatic rings. The number of carbonyl (C=O) groups excluding carboxylic acids is 1. The SMILES string of the molecule is Cc1cc(C)cc(N(C)C(=O)[C@H](N)CCS(C)(=O)=O)c1. The van der Waals surface area contributed by atoms with E-state index >= 15 is 0 Å². The number of carbonyl (C=O) groups is 1. The average Bonchev–Trinajstić information content (AvgIpc) is 2.32. The molecule has 1 amide bonds. The standard InChI is InChI=1S/C14H22N2O3S/c1-10-7-11(2)9-12(8-10)16(3)14(17)13(15)5-6-20(4,18)19/h7-9,13H,5-6,15H2,1-4H3/t13-/m1/s1. The fourth-order valence-corrected chi connectivity index (χ4v) is 2.67. The molecular weight excluding hydrogens is 276 g/mol. The lowest BCUT2D eigenvalue weighted by atomic mass is 10.1. The molecule has 0 spiro atoms. The Labute approximate surface area is 120 Å². The second-order valence-corrected chi connectivity index (χ2v) is 7.53. The highest BCUT2D eigenvalue weighted by atomic mass is 32.2. The number of aryl methyl sites for hydroxylation is 2. The maximum Gasteiger partial charge on any atom is 0.243 e. The smallest absolute Gasteiger partial charge is 0.243 e. The highest BCUT2D eigenvalue weighted by molar-refractivity contribution is 7.90. The lowest BCUT2D eigenvalue weighted by molar-refractivity contribution is -0.119. The van der Waals surface area contributed by atoms with Crippen LogP contribution in [0.3, 0.4) is 0 Å². The third-order valence-electron chi connectivity index (χ3n) is 3.04. The van der Waals surface area contributed by atoms with E-state index in [1.807, 2.05) is 32.0 Å². The molecule has 0 aliphatic heterocycles. The lowest BCUT2D eigenvalue weighted by Crippen LogP contribution is -2.42. The first-order chi connectivity index (χ1) is 9.10. The van der Waals surface area contributed by atoms with Crippen LogP contribution in [-0.2, 0) is 14.6 Å². The Balaban J connectivity index is 2.80. The summed E-state index contributed by atoms with van der Waals surface area (Å²) in [5.41, 5.74) is 8.67. The van der Waals surface area contributed by atoms with Gasteiger partial charge in [-0.05, 0) is 43.5 Å². The van der Waals surface area contributed by atoms with Crippen LogP contribution in [0.25, 0.3) is 0 Å². The first kappa shape index (κ1) is 16.7. The van der Waals surface area contributed by atoms with Crippen molar-refractivity contribution in [3.8, 4) is 0 Å². The molecule has 0 aromatic heterocycles. The number of nitrogens with two attached hydrogens (primary N) is 1. The van der Waals surface area contributed by atoms with Crippen molar-refractivity contribution in [3.63, 3.8) is 0 Å². The van der Waals surface area contributed by atoms with Crippen LogP contribution in [0.4, 0.5) is 5.69 Å². The van der Waals surface area contributed by atoms with Crippen molar-refractivity contribution in [1.29, 1.82) is 0 Å². The van der Waals surface area contributed by atoms with Crippen LogP contribution in [0.5, 0.6) is 0 Å². The van der Waals surface area contributed by atoms with Gasteiger partial charge < -0.3 is 10.6 Å². The molecule has 1 aromatic carbocycles. The van der Waals surface area contributed by atoms with Crippen molar-refractivity contribution < 1.29 is 13.2 Å². The quantitative estimate of drug-likeness (QED) is 0.880. The summed E-state index contributed by atoms with van der Waals surface area (Å²) in [5, 5.41) is 0. The van der Waals surface area contributed by atoms with E-state index in [1.165, 1.54) is 4.90 Å². The molecule has 6 heteroatoms. The van der Waals surface area contributed by atoms with E-state index in [4.69, 9.17) is 5.73 Å². The summed E-state index contributed by atoms with van der Waals surface area (Å²) >= 11 is 0. The zero-order chi connectivity index (χ0) is 15.5. The minimum Gasteiger partial charge on any atom is -0.320 e. The molecule has 0 heterocycles. The molecule has 5 nitrogen and oxygen atoms in total. The Morgan fingerprint density at radius 2 is 1.75 bits per heavy atom. The zero-order valence-corrected chi connectivity index (χ0v) is 13.2. The summed E-state index contributed by atoms with van der Waals surface area (Å²) in [4.78, 5) is 13.7. The van der Waals surface area contributed by atoms with Gasteiger partial charge in [0.25, 0.3) is 0 Å². The summed E-state index contributed by atoms with van der Waals surface area (Å²) in [5.74, 6) is -0.362. The van der Waals surface area contributed by atoms with Crippen molar-refractivity contribution in [2.75, 3.05) is 24.0 Å². The Bertz CT molecular complexity index is 576. The van der Waals surface area contributed by atoms with Gasteiger partial charge in [0.1, 0.15) is 9.84 Å². The van der Waals surface area contributed by atoms with Crippen LogP contribution < -0.4 is 10.6 Å². The number of hydrogen-bond donors (Lipinski definition) is 1. The van der Waals surface area contributed by atoms with Crippen LogP contribution in [0.2, 0.25) is 0 Å². The summed E-state index contributed by atoms with van der Waals surface area (Å²) in [7, 11) is -1.46. The van der Waals surface area contributed by atoms with E-state index in [-0.39, 0.29) is 18.1 Å². The second-order valence-electron chi connectivity index (χ2n) is 5.27. The second kappa shape index (κ2) is 6.37. The van der Waals surface area contributed by atoms with E-state index in [1.54, 1.807) is 7.05 Å². The summed E-state index contributed by atoms with van der Waals surface area (Å²) in [6, 6.07) is 5.00.